The number of esters is 1. The van der Waals surface area contributed by atoms with Gasteiger partial charge in [-0.2, -0.15) is 0 Å². The molecule has 7 nitrogen and oxygen atoms in total. The number of carbonyl (C=O) groups excluding carboxylic acids is 1. The number of aromatic nitrogens is 1. The summed E-state index contributed by atoms with van der Waals surface area (Å²) < 4.78 is 4.59. The lowest BCUT2D eigenvalue weighted by atomic mass is 10.0. The summed E-state index contributed by atoms with van der Waals surface area (Å²) in [6.45, 7) is 7.59. The van der Waals surface area contributed by atoms with Crippen LogP contribution in [-0.4, -0.2) is 42.3 Å². The van der Waals surface area contributed by atoms with Gasteiger partial charge in [-0.1, -0.05) is 32.9 Å². The lowest BCUT2D eigenvalue weighted by Crippen LogP contribution is -2.26. The number of nitrogens with two attached hydrogens (primary N) is 1. The molecule has 0 bridgehead atoms. The van der Waals surface area contributed by atoms with Crippen LogP contribution in [0, 0.1) is 0 Å². The number of hydrogen-bond acceptors (Lipinski definition) is 6. The van der Waals surface area contributed by atoms with Crippen LogP contribution in [-0.2, 0) is 11.2 Å². The lowest BCUT2D eigenvalue weighted by Gasteiger charge is -2.19. The zero-order valence-corrected chi connectivity index (χ0v) is 16.9. The van der Waals surface area contributed by atoms with Crippen LogP contribution in [0.3, 0.4) is 0 Å². The minimum atomic E-state index is -0.856. The Labute approximate surface area is 165 Å². The Bertz CT molecular complexity index is 874. The molecule has 1 atom stereocenters. The summed E-state index contributed by atoms with van der Waals surface area (Å²) in [7, 11) is 1.17. The van der Waals surface area contributed by atoms with E-state index in [1.165, 1.54) is 7.11 Å². The highest BCUT2D eigenvalue weighted by Gasteiger charge is 2.23. The number of anilines is 1. The number of rotatable bonds is 4. The number of benzene rings is 1. The van der Waals surface area contributed by atoms with E-state index in [4.69, 9.17) is 5.73 Å². The largest absolute Gasteiger partial charge is 0.506 e. The standard InChI is InChI=1S/C19H23N3O4.C2H6/c1-3-14-16(21-18(24)15(17(14)23)19(25)26-2)11-4-6-13(7-5-11)22-9-8-12(20)10-22;1-2/h4-7,12H,3,8-10,20H2,1-2H3,(H2,21,23,24);1-2H3. The number of H-pyrrole nitrogens is 1. The van der Waals surface area contributed by atoms with Gasteiger partial charge in [-0.05, 0) is 30.5 Å². The molecule has 1 aromatic carbocycles. The number of aromatic hydroxyl groups is 1. The van der Waals surface area contributed by atoms with Gasteiger partial charge in [0.05, 0.1) is 12.8 Å². The summed E-state index contributed by atoms with van der Waals surface area (Å²) in [5.41, 5.74) is 7.76. The summed E-state index contributed by atoms with van der Waals surface area (Å²) in [6, 6.07) is 7.91. The maximum absolute atomic E-state index is 12.3. The number of aromatic amines is 1. The second kappa shape index (κ2) is 9.41. The maximum Gasteiger partial charge on any atom is 0.347 e. The van der Waals surface area contributed by atoms with Crippen molar-refractivity contribution in [3.8, 4) is 17.0 Å². The van der Waals surface area contributed by atoms with Crippen molar-refractivity contribution in [3.63, 3.8) is 0 Å². The SMILES string of the molecule is CC.CCc1c(-c2ccc(N3CCC(N)C3)cc2)[nH]c(=O)c(C(=O)OC)c1O. The first-order valence-corrected chi connectivity index (χ1v) is 9.63. The number of carbonyl (C=O) groups is 1. The predicted octanol–water partition coefficient (Wildman–Crippen LogP) is 2.66. The van der Waals surface area contributed by atoms with Crippen LogP contribution in [0.4, 0.5) is 5.69 Å². The van der Waals surface area contributed by atoms with Crippen molar-refractivity contribution >= 4 is 11.7 Å². The molecule has 28 heavy (non-hydrogen) atoms. The van der Waals surface area contributed by atoms with Crippen molar-refractivity contribution in [3.05, 3.63) is 45.7 Å². The molecule has 1 unspecified atom stereocenters. The molecule has 7 heteroatoms. The number of hydrogen-bond donors (Lipinski definition) is 3. The topological polar surface area (TPSA) is 109 Å². The van der Waals surface area contributed by atoms with E-state index >= 15 is 0 Å². The molecule has 2 aromatic rings. The third kappa shape index (κ3) is 4.20. The summed E-state index contributed by atoms with van der Waals surface area (Å²) in [4.78, 5) is 29.0. The van der Waals surface area contributed by atoms with E-state index in [2.05, 4.69) is 14.6 Å². The molecular formula is C21H29N3O4. The molecule has 1 aliphatic heterocycles. The Morgan fingerprint density at radius 1 is 1.32 bits per heavy atom. The van der Waals surface area contributed by atoms with Crippen LogP contribution in [0.1, 0.15) is 43.1 Å². The van der Waals surface area contributed by atoms with Gasteiger partial charge in [0, 0.05) is 30.4 Å². The summed E-state index contributed by atoms with van der Waals surface area (Å²) in [5.74, 6) is -1.18. The number of nitrogens with zero attached hydrogens (tertiary/aromatic N) is 1. The van der Waals surface area contributed by atoms with E-state index in [0.29, 0.717) is 17.7 Å². The molecule has 1 fully saturated rings. The third-order valence-electron chi connectivity index (χ3n) is 4.78. The first-order chi connectivity index (χ1) is 13.5. The van der Waals surface area contributed by atoms with Crippen molar-refractivity contribution in [2.24, 2.45) is 5.73 Å². The Kier molecular flexibility index (Phi) is 7.23. The Morgan fingerprint density at radius 3 is 2.46 bits per heavy atom. The highest BCUT2D eigenvalue weighted by molar-refractivity contribution is 5.93. The number of ether oxygens (including phenoxy) is 1. The van der Waals surface area contributed by atoms with Gasteiger partial charge in [0.15, 0.2) is 5.56 Å². The van der Waals surface area contributed by atoms with Gasteiger partial charge in [-0.25, -0.2) is 4.79 Å². The summed E-state index contributed by atoms with van der Waals surface area (Å²) in [5, 5.41) is 10.4. The minimum absolute atomic E-state index is 0.195. The van der Waals surface area contributed by atoms with E-state index < -0.39 is 11.5 Å². The normalized spacial score (nSPS) is 15.8. The molecule has 152 valence electrons. The fourth-order valence-corrected chi connectivity index (χ4v) is 3.37. The number of methoxy groups -OCH3 is 1. The van der Waals surface area contributed by atoms with E-state index in [1.54, 1.807) is 0 Å². The van der Waals surface area contributed by atoms with Gasteiger partial charge < -0.3 is 25.5 Å². The van der Waals surface area contributed by atoms with Crippen molar-refractivity contribution in [2.75, 3.05) is 25.1 Å². The number of pyridine rings is 1. The van der Waals surface area contributed by atoms with Gasteiger partial charge in [0.2, 0.25) is 0 Å². The van der Waals surface area contributed by atoms with Crippen LogP contribution in [0.5, 0.6) is 5.75 Å². The smallest absolute Gasteiger partial charge is 0.347 e. The molecule has 4 N–H and O–H groups in total. The average Bonchev–Trinajstić information content (AvgIpc) is 3.15. The zero-order chi connectivity index (χ0) is 20.8. The fourth-order valence-electron chi connectivity index (χ4n) is 3.37. The molecule has 0 aliphatic carbocycles. The molecule has 2 heterocycles. The molecule has 3 rings (SSSR count). The maximum atomic E-state index is 12.3. The molecule has 0 saturated carbocycles. The second-order valence-electron chi connectivity index (χ2n) is 6.42. The first kappa shape index (κ1) is 21.5. The van der Waals surface area contributed by atoms with Crippen LogP contribution < -0.4 is 16.2 Å². The van der Waals surface area contributed by atoms with Gasteiger partial charge in [-0.3, -0.25) is 4.79 Å². The van der Waals surface area contributed by atoms with Crippen LogP contribution in [0.25, 0.3) is 11.3 Å². The minimum Gasteiger partial charge on any atom is -0.506 e. The fraction of sp³-hybridized carbons (Fsp3) is 0.429. The van der Waals surface area contributed by atoms with E-state index in [0.717, 1.165) is 30.8 Å². The monoisotopic (exact) mass is 387 g/mol. The quantitative estimate of drug-likeness (QED) is 0.696. The highest BCUT2D eigenvalue weighted by Crippen LogP contribution is 2.31. The van der Waals surface area contributed by atoms with Crippen molar-refractivity contribution in [1.29, 1.82) is 0 Å². The van der Waals surface area contributed by atoms with Crippen LogP contribution in [0.2, 0.25) is 0 Å². The predicted molar refractivity (Wildman–Crippen MR) is 111 cm³/mol. The van der Waals surface area contributed by atoms with Crippen molar-refractivity contribution in [2.45, 2.75) is 39.7 Å². The Hall–Kier alpha value is -2.80. The molecule has 0 amide bonds. The highest BCUT2D eigenvalue weighted by atomic mass is 16.5. The van der Waals surface area contributed by atoms with Crippen LogP contribution in [0.15, 0.2) is 29.1 Å². The third-order valence-corrected chi connectivity index (χ3v) is 4.78. The van der Waals surface area contributed by atoms with Gasteiger partial charge >= 0.3 is 5.97 Å². The van der Waals surface area contributed by atoms with E-state index in [9.17, 15) is 14.7 Å². The van der Waals surface area contributed by atoms with Crippen LogP contribution >= 0.6 is 0 Å². The average molecular weight is 387 g/mol. The zero-order valence-electron chi connectivity index (χ0n) is 16.9. The van der Waals surface area contributed by atoms with Gasteiger partial charge in [0.1, 0.15) is 5.75 Å². The van der Waals surface area contributed by atoms with Crippen molar-refractivity contribution in [1.82, 2.24) is 4.98 Å². The summed E-state index contributed by atoms with van der Waals surface area (Å²) in [6.07, 6.45) is 1.42. The molecule has 1 aromatic heterocycles. The van der Waals surface area contributed by atoms with Gasteiger partial charge in [-0.15, -0.1) is 0 Å². The molecule has 1 saturated heterocycles. The lowest BCUT2D eigenvalue weighted by molar-refractivity contribution is 0.0595. The molecule has 0 radical (unpaired) electrons. The summed E-state index contributed by atoms with van der Waals surface area (Å²) >= 11 is 0. The Balaban J connectivity index is 0.00000136. The number of nitrogens with one attached hydrogen (secondary N) is 1. The van der Waals surface area contributed by atoms with Crippen molar-refractivity contribution < 1.29 is 14.6 Å². The molecule has 0 spiro atoms. The molecular weight excluding hydrogens is 358 g/mol. The van der Waals surface area contributed by atoms with Gasteiger partial charge in [0.25, 0.3) is 5.56 Å². The first-order valence-electron chi connectivity index (χ1n) is 9.63. The van der Waals surface area contributed by atoms with E-state index in [1.807, 2.05) is 45.0 Å². The molecule has 1 aliphatic rings. The van der Waals surface area contributed by atoms with E-state index in [-0.39, 0.29) is 17.4 Å². The Morgan fingerprint density at radius 2 is 1.96 bits per heavy atom. The second-order valence-corrected chi connectivity index (χ2v) is 6.42.